The molecular weight excluding hydrogens is 404 g/mol. The van der Waals surface area contributed by atoms with Gasteiger partial charge in [0.2, 0.25) is 11.8 Å². The minimum Gasteiger partial charge on any atom is -0.402 e. The van der Waals surface area contributed by atoms with E-state index in [2.05, 4.69) is 29.7 Å². The molecule has 0 radical (unpaired) electrons. The van der Waals surface area contributed by atoms with E-state index in [1.165, 1.54) is 0 Å². The molecule has 2 aromatic carbocycles. The van der Waals surface area contributed by atoms with Crippen LogP contribution in [0.4, 0.5) is 5.95 Å². The van der Waals surface area contributed by atoms with Gasteiger partial charge in [0.1, 0.15) is 0 Å². The fraction of sp³-hybridized carbons (Fsp3) is 0.167. The van der Waals surface area contributed by atoms with E-state index in [1.54, 1.807) is 18.6 Å². The number of nitrogens with one attached hydrogen (secondary N) is 1. The molecular formula is C24H20N6O2. The summed E-state index contributed by atoms with van der Waals surface area (Å²) < 4.78 is 5.52. The summed E-state index contributed by atoms with van der Waals surface area (Å²) in [5, 5.41) is 2.09. The highest BCUT2D eigenvalue weighted by molar-refractivity contribution is 6.16. The monoisotopic (exact) mass is 424 g/mol. The molecule has 158 valence electrons. The molecule has 1 fully saturated rings. The molecule has 0 unspecified atom stereocenters. The Morgan fingerprint density at radius 3 is 2.72 bits per heavy atom. The van der Waals surface area contributed by atoms with Crippen LogP contribution in [0.5, 0.6) is 0 Å². The molecule has 6 rings (SSSR count). The third kappa shape index (κ3) is 3.26. The Morgan fingerprint density at radius 1 is 1.00 bits per heavy atom. The van der Waals surface area contributed by atoms with Crippen molar-refractivity contribution in [3.05, 3.63) is 78.4 Å². The van der Waals surface area contributed by atoms with Gasteiger partial charge in [-0.15, -0.1) is 0 Å². The predicted molar refractivity (Wildman–Crippen MR) is 122 cm³/mol. The fourth-order valence-electron chi connectivity index (χ4n) is 4.16. The van der Waals surface area contributed by atoms with Gasteiger partial charge in [0, 0.05) is 44.1 Å². The molecule has 2 aliphatic heterocycles. The maximum atomic E-state index is 12.5. The molecule has 1 saturated heterocycles. The molecule has 2 aromatic heterocycles. The minimum absolute atomic E-state index is 0.330. The Hall–Kier alpha value is -4.20. The molecule has 1 N–H and O–H groups in total. The van der Waals surface area contributed by atoms with Crippen LogP contribution in [-0.2, 0) is 9.53 Å². The number of rotatable bonds is 3. The number of cyclic esters (lactones) is 1. The van der Waals surface area contributed by atoms with Crippen molar-refractivity contribution in [3.63, 3.8) is 0 Å². The van der Waals surface area contributed by atoms with Gasteiger partial charge in [-0.1, -0.05) is 36.4 Å². The Morgan fingerprint density at radius 2 is 1.84 bits per heavy atom. The molecule has 0 atom stereocenters. The number of benzene rings is 2. The van der Waals surface area contributed by atoms with Gasteiger partial charge in [-0.2, -0.15) is 0 Å². The maximum Gasteiger partial charge on any atom is 0.365 e. The second-order valence-corrected chi connectivity index (χ2v) is 7.82. The van der Waals surface area contributed by atoms with Crippen molar-refractivity contribution >= 4 is 39.6 Å². The van der Waals surface area contributed by atoms with E-state index < -0.39 is 5.97 Å². The Bertz CT molecular complexity index is 1360. The summed E-state index contributed by atoms with van der Waals surface area (Å²) >= 11 is 0. The zero-order chi connectivity index (χ0) is 21.5. The van der Waals surface area contributed by atoms with E-state index in [1.807, 2.05) is 48.5 Å². The summed E-state index contributed by atoms with van der Waals surface area (Å²) in [7, 11) is 0. The van der Waals surface area contributed by atoms with Gasteiger partial charge in [0.25, 0.3) is 0 Å². The summed E-state index contributed by atoms with van der Waals surface area (Å²) in [5.74, 6) is 0.782. The van der Waals surface area contributed by atoms with Gasteiger partial charge in [-0.25, -0.2) is 14.8 Å². The normalized spacial score (nSPS) is 17.9. The molecule has 0 saturated carbocycles. The molecule has 8 heteroatoms. The number of aromatic amines is 1. The quantitative estimate of drug-likeness (QED) is 0.402. The van der Waals surface area contributed by atoms with E-state index >= 15 is 0 Å². The number of hydrogen-bond acceptors (Lipinski definition) is 7. The van der Waals surface area contributed by atoms with Gasteiger partial charge in [0.05, 0.1) is 17.2 Å². The van der Waals surface area contributed by atoms with Crippen LogP contribution in [0.25, 0.3) is 21.8 Å². The molecule has 4 aromatic rings. The zero-order valence-corrected chi connectivity index (χ0v) is 17.2. The van der Waals surface area contributed by atoms with Crippen LogP contribution >= 0.6 is 0 Å². The van der Waals surface area contributed by atoms with Crippen molar-refractivity contribution in [2.45, 2.75) is 0 Å². The first-order valence-corrected chi connectivity index (χ1v) is 10.5. The van der Waals surface area contributed by atoms with Crippen molar-refractivity contribution in [1.29, 1.82) is 0 Å². The fourth-order valence-corrected chi connectivity index (χ4v) is 4.16. The Kier molecular flexibility index (Phi) is 4.34. The first-order valence-electron chi connectivity index (χ1n) is 10.5. The van der Waals surface area contributed by atoms with Crippen LogP contribution in [0.3, 0.4) is 0 Å². The number of nitrogens with zero attached hydrogens (tertiary/aromatic N) is 5. The molecule has 2 aliphatic rings. The summed E-state index contributed by atoms with van der Waals surface area (Å²) in [5.41, 5.74) is 2.99. The molecule has 8 nitrogen and oxygen atoms in total. The molecule has 4 heterocycles. The molecule has 32 heavy (non-hydrogen) atoms. The number of H-pyrrole nitrogens is 1. The molecule has 0 spiro atoms. The summed E-state index contributed by atoms with van der Waals surface area (Å²) in [4.78, 5) is 33.4. The lowest BCUT2D eigenvalue weighted by molar-refractivity contribution is -0.130. The summed E-state index contributed by atoms with van der Waals surface area (Å²) in [6.07, 6.45) is 5.33. The second-order valence-electron chi connectivity index (χ2n) is 7.82. The second kappa shape index (κ2) is 7.49. The SMILES string of the molecule is O=C1OC(c2cccc3ccccc23)=NC1=CN1CCN(c2nc3ccncc3[nH]2)CC1. The van der Waals surface area contributed by atoms with E-state index in [9.17, 15) is 4.79 Å². The highest BCUT2D eigenvalue weighted by atomic mass is 16.6. The number of ether oxygens (including phenoxy) is 1. The number of carbonyl (C=O) groups is 1. The van der Waals surface area contributed by atoms with Crippen LogP contribution in [-0.4, -0.2) is 57.9 Å². The van der Waals surface area contributed by atoms with Crippen molar-refractivity contribution in [1.82, 2.24) is 19.9 Å². The van der Waals surface area contributed by atoms with Gasteiger partial charge in [0.15, 0.2) is 5.70 Å². The number of pyridine rings is 1. The zero-order valence-electron chi connectivity index (χ0n) is 17.2. The summed E-state index contributed by atoms with van der Waals surface area (Å²) in [6.45, 7) is 3.08. The number of imidazole rings is 1. The van der Waals surface area contributed by atoms with Crippen LogP contribution in [0.15, 0.2) is 77.8 Å². The summed E-state index contributed by atoms with van der Waals surface area (Å²) in [6, 6.07) is 15.8. The van der Waals surface area contributed by atoms with Crippen LogP contribution < -0.4 is 4.90 Å². The molecule has 0 bridgehead atoms. The van der Waals surface area contributed by atoms with E-state index in [0.717, 1.165) is 59.5 Å². The lowest BCUT2D eigenvalue weighted by Gasteiger charge is -2.33. The van der Waals surface area contributed by atoms with Gasteiger partial charge >= 0.3 is 5.97 Å². The van der Waals surface area contributed by atoms with Crippen LogP contribution in [0, 0.1) is 0 Å². The van der Waals surface area contributed by atoms with Gasteiger partial charge < -0.3 is 19.5 Å². The third-order valence-electron chi connectivity index (χ3n) is 5.83. The Labute approximate surface area is 183 Å². The number of piperazine rings is 1. The highest BCUT2D eigenvalue weighted by Crippen LogP contribution is 2.24. The maximum absolute atomic E-state index is 12.5. The number of hydrogen-bond donors (Lipinski definition) is 1. The van der Waals surface area contributed by atoms with Crippen molar-refractivity contribution in [2.75, 3.05) is 31.1 Å². The predicted octanol–water partition coefficient (Wildman–Crippen LogP) is 3.08. The number of aromatic nitrogens is 3. The van der Waals surface area contributed by atoms with Gasteiger partial charge in [-0.05, 0) is 22.9 Å². The largest absolute Gasteiger partial charge is 0.402 e. The lowest BCUT2D eigenvalue weighted by atomic mass is 10.0. The first-order chi connectivity index (χ1) is 15.7. The topological polar surface area (TPSA) is 86.7 Å². The van der Waals surface area contributed by atoms with Crippen LogP contribution in [0.2, 0.25) is 0 Å². The number of aliphatic imine (C=N–C) groups is 1. The minimum atomic E-state index is -0.417. The average Bonchev–Trinajstić information content (AvgIpc) is 3.43. The van der Waals surface area contributed by atoms with Crippen molar-refractivity contribution in [2.24, 2.45) is 4.99 Å². The number of fused-ring (bicyclic) bond motifs is 2. The van der Waals surface area contributed by atoms with Crippen LogP contribution in [0.1, 0.15) is 5.56 Å². The number of anilines is 1. The molecule has 0 amide bonds. The Balaban J connectivity index is 1.20. The van der Waals surface area contributed by atoms with Gasteiger partial charge in [-0.3, -0.25) is 4.98 Å². The lowest BCUT2D eigenvalue weighted by Crippen LogP contribution is -2.44. The van der Waals surface area contributed by atoms with E-state index in [4.69, 9.17) is 4.74 Å². The standard InChI is InChI=1S/C24H20N6O2/c31-23-21(26-22(32-23)18-7-3-5-16-4-1-2-6-17(16)18)15-29-10-12-30(13-11-29)24-27-19-8-9-25-14-20(19)28-24/h1-9,14-15H,10-13H2,(H,27,28). The highest BCUT2D eigenvalue weighted by Gasteiger charge is 2.27. The van der Waals surface area contributed by atoms with Crippen molar-refractivity contribution in [3.8, 4) is 0 Å². The first kappa shape index (κ1) is 18.6. The third-order valence-corrected chi connectivity index (χ3v) is 5.83. The van der Waals surface area contributed by atoms with E-state index in [-0.39, 0.29) is 0 Å². The number of carbonyl (C=O) groups excluding carboxylic acids is 1. The number of esters is 1. The van der Waals surface area contributed by atoms with Crippen molar-refractivity contribution < 1.29 is 9.53 Å². The average molecular weight is 424 g/mol. The van der Waals surface area contributed by atoms with E-state index in [0.29, 0.717) is 11.6 Å². The molecule has 0 aliphatic carbocycles. The smallest absolute Gasteiger partial charge is 0.365 e.